The average Bonchev–Trinajstić information content (AvgIpc) is 2.40. The van der Waals surface area contributed by atoms with Gasteiger partial charge in [0.25, 0.3) is 0 Å². The van der Waals surface area contributed by atoms with Crippen LogP contribution >= 0.6 is 24.0 Å². The summed E-state index contributed by atoms with van der Waals surface area (Å²) in [4.78, 5) is 4.47. The Hall–Kier alpha value is -0.0500. The van der Waals surface area contributed by atoms with Crippen LogP contribution in [0.5, 0.6) is 0 Å². The first-order valence-corrected chi connectivity index (χ1v) is 10.3. The van der Waals surface area contributed by atoms with Crippen LogP contribution in [0.3, 0.4) is 0 Å². The van der Waals surface area contributed by atoms with E-state index in [1.165, 1.54) is 44.8 Å². The first kappa shape index (κ1) is 24.2. The Morgan fingerprint density at radius 3 is 2.09 bits per heavy atom. The van der Waals surface area contributed by atoms with Crippen LogP contribution in [0.25, 0.3) is 0 Å². The molecule has 0 bridgehead atoms. The summed E-state index contributed by atoms with van der Waals surface area (Å²) in [5.41, 5.74) is 0. The van der Waals surface area contributed by atoms with Crippen molar-refractivity contribution >= 4 is 39.8 Å². The number of aliphatic imine (C=N–C) groups is 1. The normalized spacial score (nSPS) is 11.9. The molecule has 0 saturated carbocycles. The lowest BCUT2D eigenvalue weighted by Gasteiger charge is -2.10. The molecule has 0 spiro atoms. The predicted molar refractivity (Wildman–Crippen MR) is 107 cm³/mol. The van der Waals surface area contributed by atoms with E-state index in [0.717, 1.165) is 19.5 Å². The number of halogens is 1. The van der Waals surface area contributed by atoms with E-state index < -0.39 is 9.84 Å². The highest BCUT2D eigenvalue weighted by atomic mass is 127. The molecular formula is C15H34IN3O2S. The Kier molecular flexibility index (Phi) is 17.4. The second-order valence-electron chi connectivity index (χ2n) is 5.44. The quantitative estimate of drug-likeness (QED) is 0.209. The van der Waals surface area contributed by atoms with E-state index in [4.69, 9.17) is 0 Å². The molecule has 0 saturated heterocycles. The van der Waals surface area contributed by atoms with Gasteiger partial charge in [-0.25, -0.2) is 8.42 Å². The molecule has 0 unspecified atom stereocenters. The monoisotopic (exact) mass is 447 g/mol. The maximum Gasteiger partial charge on any atom is 0.191 e. The summed E-state index contributed by atoms with van der Waals surface area (Å²) in [6.07, 6.45) is 10.1. The predicted octanol–water partition coefficient (Wildman–Crippen LogP) is 2.95. The van der Waals surface area contributed by atoms with Gasteiger partial charge in [-0.3, -0.25) is 4.99 Å². The molecule has 0 fully saturated rings. The van der Waals surface area contributed by atoms with Crippen LogP contribution in [0.1, 0.15) is 58.8 Å². The minimum Gasteiger partial charge on any atom is -0.357 e. The summed E-state index contributed by atoms with van der Waals surface area (Å²) in [5.74, 6) is 0.849. The van der Waals surface area contributed by atoms with Crippen LogP contribution in [0.15, 0.2) is 4.99 Å². The van der Waals surface area contributed by atoms with Crippen molar-refractivity contribution in [3.8, 4) is 0 Å². The zero-order valence-corrected chi connectivity index (χ0v) is 17.5. The highest BCUT2D eigenvalue weighted by molar-refractivity contribution is 14.0. The molecule has 0 aliphatic heterocycles. The molecule has 0 amide bonds. The second kappa shape index (κ2) is 15.8. The SMILES string of the molecule is CCCCCCCCCN=C(NCC)NCCS(C)(=O)=O.I. The molecule has 7 heteroatoms. The van der Waals surface area contributed by atoms with Crippen molar-refractivity contribution in [2.45, 2.75) is 58.8 Å². The maximum atomic E-state index is 11.1. The average molecular weight is 447 g/mol. The topological polar surface area (TPSA) is 70.6 Å². The summed E-state index contributed by atoms with van der Waals surface area (Å²) in [7, 11) is -2.92. The van der Waals surface area contributed by atoms with Crippen molar-refractivity contribution in [1.29, 1.82) is 0 Å². The largest absolute Gasteiger partial charge is 0.357 e. The minimum absolute atomic E-state index is 0. The smallest absolute Gasteiger partial charge is 0.191 e. The Balaban J connectivity index is 0. The molecule has 5 nitrogen and oxygen atoms in total. The standard InChI is InChI=1S/C15H33N3O2S.HI/c1-4-6-7-8-9-10-11-12-17-15(16-5-2)18-13-14-21(3,19)20;/h4-14H2,1-3H3,(H2,16,17,18);1H. The molecule has 0 radical (unpaired) electrons. The number of hydrogen-bond acceptors (Lipinski definition) is 3. The number of hydrogen-bond donors (Lipinski definition) is 2. The fourth-order valence-corrected chi connectivity index (χ4v) is 2.43. The van der Waals surface area contributed by atoms with E-state index >= 15 is 0 Å². The van der Waals surface area contributed by atoms with Gasteiger partial charge in [0, 0.05) is 25.9 Å². The Morgan fingerprint density at radius 2 is 1.55 bits per heavy atom. The van der Waals surface area contributed by atoms with E-state index in [2.05, 4.69) is 22.5 Å². The Morgan fingerprint density at radius 1 is 0.955 bits per heavy atom. The van der Waals surface area contributed by atoms with Crippen molar-refractivity contribution in [3.63, 3.8) is 0 Å². The second-order valence-corrected chi connectivity index (χ2v) is 7.70. The van der Waals surface area contributed by atoms with Crippen LogP contribution in [0.2, 0.25) is 0 Å². The summed E-state index contributed by atoms with van der Waals surface area (Å²) in [5, 5.41) is 6.19. The first-order valence-electron chi connectivity index (χ1n) is 8.19. The molecule has 0 aromatic rings. The van der Waals surface area contributed by atoms with Gasteiger partial charge in [-0.15, -0.1) is 24.0 Å². The molecule has 0 aliphatic rings. The molecule has 0 aromatic heterocycles. The Bertz CT molecular complexity index is 373. The number of guanidine groups is 1. The van der Waals surface area contributed by atoms with E-state index in [1.54, 1.807) is 0 Å². The molecule has 22 heavy (non-hydrogen) atoms. The van der Waals surface area contributed by atoms with Gasteiger partial charge in [0.05, 0.1) is 5.75 Å². The fourth-order valence-electron chi connectivity index (χ4n) is 1.96. The van der Waals surface area contributed by atoms with Gasteiger partial charge in [0.2, 0.25) is 0 Å². The third-order valence-electron chi connectivity index (χ3n) is 3.14. The summed E-state index contributed by atoms with van der Waals surface area (Å²) in [6, 6.07) is 0. The molecule has 0 rings (SSSR count). The van der Waals surface area contributed by atoms with Gasteiger partial charge in [-0.05, 0) is 13.3 Å². The van der Waals surface area contributed by atoms with E-state index in [-0.39, 0.29) is 29.7 Å². The van der Waals surface area contributed by atoms with Gasteiger partial charge in [0.1, 0.15) is 9.84 Å². The van der Waals surface area contributed by atoms with Crippen molar-refractivity contribution in [3.05, 3.63) is 0 Å². The maximum absolute atomic E-state index is 11.1. The minimum atomic E-state index is -2.92. The van der Waals surface area contributed by atoms with Crippen molar-refractivity contribution < 1.29 is 8.42 Å². The summed E-state index contributed by atoms with van der Waals surface area (Å²) >= 11 is 0. The van der Waals surface area contributed by atoms with Crippen molar-refractivity contribution in [1.82, 2.24) is 10.6 Å². The molecule has 0 aliphatic carbocycles. The van der Waals surface area contributed by atoms with Crippen LogP contribution in [-0.4, -0.2) is 46.0 Å². The van der Waals surface area contributed by atoms with Crippen LogP contribution in [0, 0.1) is 0 Å². The fraction of sp³-hybridized carbons (Fsp3) is 0.933. The molecule has 2 N–H and O–H groups in total. The number of sulfone groups is 1. The van der Waals surface area contributed by atoms with Gasteiger partial charge in [-0.1, -0.05) is 45.4 Å². The lowest BCUT2D eigenvalue weighted by Crippen LogP contribution is -2.39. The van der Waals surface area contributed by atoms with Crippen LogP contribution < -0.4 is 10.6 Å². The van der Waals surface area contributed by atoms with Gasteiger partial charge < -0.3 is 10.6 Å². The van der Waals surface area contributed by atoms with Crippen LogP contribution in [-0.2, 0) is 9.84 Å². The number of nitrogens with one attached hydrogen (secondary N) is 2. The Labute approximate surface area is 154 Å². The lowest BCUT2D eigenvalue weighted by atomic mass is 10.1. The zero-order chi connectivity index (χ0) is 16.0. The summed E-state index contributed by atoms with van der Waals surface area (Å²) in [6.45, 7) is 6.21. The van der Waals surface area contributed by atoms with E-state index in [0.29, 0.717) is 12.5 Å². The molecule has 0 heterocycles. The lowest BCUT2D eigenvalue weighted by molar-refractivity contribution is 0.592. The third kappa shape index (κ3) is 18.0. The first-order chi connectivity index (χ1) is 9.99. The van der Waals surface area contributed by atoms with Gasteiger partial charge in [-0.2, -0.15) is 0 Å². The van der Waals surface area contributed by atoms with E-state index in [1.807, 2.05) is 6.92 Å². The van der Waals surface area contributed by atoms with Crippen molar-refractivity contribution in [2.75, 3.05) is 31.6 Å². The van der Waals surface area contributed by atoms with Crippen molar-refractivity contribution in [2.24, 2.45) is 4.99 Å². The molecule has 134 valence electrons. The van der Waals surface area contributed by atoms with Gasteiger partial charge >= 0.3 is 0 Å². The number of rotatable bonds is 12. The highest BCUT2D eigenvalue weighted by Gasteiger charge is 2.02. The number of nitrogens with zero attached hydrogens (tertiary/aromatic N) is 1. The van der Waals surface area contributed by atoms with Crippen LogP contribution in [0.4, 0.5) is 0 Å². The zero-order valence-electron chi connectivity index (χ0n) is 14.4. The van der Waals surface area contributed by atoms with E-state index in [9.17, 15) is 8.42 Å². The molecular weight excluding hydrogens is 413 g/mol. The summed E-state index contributed by atoms with van der Waals surface area (Å²) < 4.78 is 22.2. The van der Waals surface area contributed by atoms with Gasteiger partial charge in [0.15, 0.2) is 5.96 Å². The molecule has 0 atom stereocenters. The number of unbranched alkanes of at least 4 members (excludes halogenated alkanes) is 6. The molecule has 0 aromatic carbocycles. The third-order valence-corrected chi connectivity index (χ3v) is 4.09. The highest BCUT2D eigenvalue weighted by Crippen LogP contribution is 2.06.